The molecule has 0 fully saturated rings. The Balaban J connectivity index is 1.54. The van der Waals surface area contributed by atoms with E-state index in [1.807, 2.05) is 0 Å². The van der Waals surface area contributed by atoms with Crippen LogP contribution in [-0.2, 0) is 11.1 Å². The van der Waals surface area contributed by atoms with Crippen molar-refractivity contribution in [3.05, 3.63) is 111 Å². The molecule has 4 heteroatoms. The number of hydrogen-bond donors (Lipinski definition) is 0. The lowest BCUT2D eigenvalue weighted by Crippen LogP contribution is -2.42. The molecule has 178 valence electrons. The summed E-state index contributed by atoms with van der Waals surface area (Å²) in [5.41, 5.74) is 8.70. The van der Waals surface area contributed by atoms with Gasteiger partial charge in [0.15, 0.2) is 0 Å². The van der Waals surface area contributed by atoms with Gasteiger partial charge in [-0.3, -0.25) is 4.90 Å². The van der Waals surface area contributed by atoms with Crippen LogP contribution in [0.25, 0.3) is 11.1 Å². The molecule has 0 aliphatic carbocycles. The summed E-state index contributed by atoms with van der Waals surface area (Å²) in [7, 11) is 2.23. The lowest BCUT2D eigenvalue weighted by atomic mass is 9.88. The second kappa shape index (κ2) is 8.92. The van der Waals surface area contributed by atoms with E-state index in [0.717, 1.165) is 26.0 Å². The standard InChI is InChI=1S/C31H30Br2N2/c1-30(2)28-19-8-22(20-29(28)31(3,4)34(30)5)21-6-13-25(14-7-21)35(26-15-9-23(32)10-16-26)27-17-11-24(33)12-18-27/h6-20H,1-5H3. The molecule has 0 amide bonds. The highest BCUT2D eigenvalue weighted by atomic mass is 79.9. The van der Waals surface area contributed by atoms with Crippen molar-refractivity contribution in [1.29, 1.82) is 0 Å². The molecule has 0 N–H and O–H groups in total. The van der Waals surface area contributed by atoms with E-state index in [1.54, 1.807) is 0 Å². The third-order valence-electron chi connectivity index (χ3n) is 7.64. The molecular weight excluding hydrogens is 560 g/mol. The van der Waals surface area contributed by atoms with Gasteiger partial charge in [0.1, 0.15) is 0 Å². The Labute approximate surface area is 225 Å². The summed E-state index contributed by atoms with van der Waals surface area (Å²) in [6.45, 7) is 9.27. The van der Waals surface area contributed by atoms with Gasteiger partial charge in [-0.2, -0.15) is 0 Å². The monoisotopic (exact) mass is 588 g/mol. The summed E-state index contributed by atoms with van der Waals surface area (Å²) >= 11 is 7.13. The highest BCUT2D eigenvalue weighted by Gasteiger charge is 2.46. The quantitative estimate of drug-likeness (QED) is 0.234. The van der Waals surface area contributed by atoms with Crippen molar-refractivity contribution < 1.29 is 0 Å². The summed E-state index contributed by atoms with van der Waals surface area (Å²) < 4.78 is 2.14. The Morgan fingerprint density at radius 1 is 0.543 bits per heavy atom. The zero-order valence-electron chi connectivity index (χ0n) is 20.8. The van der Waals surface area contributed by atoms with Crippen LogP contribution in [0.5, 0.6) is 0 Å². The second-order valence-electron chi connectivity index (χ2n) is 10.3. The maximum absolute atomic E-state index is 3.56. The number of hydrogen-bond acceptors (Lipinski definition) is 2. The van der Waals surface area contributed by atoms with E-state index >= 15 is 0 Å². The summed E-state index contributed by atoms with van der Waals surface area (Å²) in [4.78, 5) is 4.76. The van der Waals surface area contributed by atoms with Crippen LogP contribution in [0.15, 0.2) is 99.9 Å². The van der Waals surface area contributed by atoms with E-state index in [2.05, 4.69) is 167 Å². The van der Waals surface area contributed by atoms with Gasteiger partial charge in [-0.15, -0.1) is 0 Å². The Morgan fingerprint density at radius 2 is 0.943 bits per heavy atom. The first-order valence-electron chi connectivity index (χ1n) is 11.9. The highest BCUT2D eigenvalue weighted by Crippen LogP contribution is 2.49. The first kappa shape index (κ1) is 24.3. The summed E-state index contributed by atoms with van der Waals surface area (Å²) in [5.74, 6) is 0. The Kier molecular flexibility index (Phi) is 6.19. The van der Waals surface area contributed by atoms with Crippen LogP contribution < -0.4 is 4.90 Å². The SMILES string of the molecule is CN1C(C)(C)c2ccc(-c3ccc(N(c4ccc(Br)cc4)c4ccc(Br)cc4)cc3)cc2C1(C)C. The van der Waals surface area contributed by atoms with Gasteiger partial charge >= 0.3 is 0 Å². The molecule has 5 rings (SSSR count). The van der Waals surface area contributed by atoms with E-state index in [0.29, 0.717) is 0 Å². The molecule has 0 bridgehead atoms. The van der Waals surface area contributed by atoms with Gasteiger partial charge in [-0.1, -0.05) is 56.1 Å². The van der Waals surface area contributed by atoms with Gasteiger partial charge in [0, 0.05) is 37.1 Å². The third-order valence-corrected chi connectivity index (χ3v) is 8.70. The van der Waals surface area contributed by atoms with Crippen molar-refractivity contribution in [2.24, 2.45) is 0 Å². The van der Waals surface area contributed by atoms with E-state index < -0.39 is 0 Å². The molecule has 2 nitrogen and oxygen atoms in total. The van der Waals surface area contributed by atoms with Gasteiger partial charge in [0.2, 0.25) is 0 Å². The molecule has 4 aromatic carbocycles. The van der Waals surface area contributed by atoms with Crippen LogP contribution in [0.1, 0.15) is 38.8 Å². The van der Waals surface area contributed by atoms with Gasteiger partial charge < -0.3 is 4.90 Å². The third kappa shape index (κ3) is 4.26. The van der Waals surface area contributed by atoms with Crippen LogP contribution in [0, 0.1) is 0 Å². The van der Waals surface area contributed by atoms with Crippen LogP contribution in [0.4, 0.5) is 17.1 Å². The van der Waals surface area contributed by atoms with Crippen molar-refractivity contribution in [3.8, 4) is 11.1 Å². The predicted octanol–water partition coefficient (Wildman–Crippen LogP) is 9.76. The van der Waals surface area contributed by atoms with Gasteiger partial charge in [-0.05, 0) is 124 Å². The van der Waals surface area contributed by atoms with Crippen molar-refractivity contribution in [2.45, 2.75) is 38.8 Å². The lowest BCUT2D eigenvalue weighted by molar-refractivity contribution is 0.0730. The molecule has 1 aliphatic rings. The molecule has 0 radical (unpaired) electrons. The first-order chi connectivity index (χ1) is 16.6. The zero-order valence-corrected chi connectivity index (χ0v) is 24.0. The molecular formula is C31H30Br2N2. The van der Waals surface area contributed by atoms with Crippen molar-refractivity contribution >= 4 is 48.9 Å². The first-order valence-corrected chi connectivity index (χ1v) is 13.5. The van der Waals surface area contributed by atoms with E-state index in [1.165, 1.54) is 22.3 Å². The molecule has 4 aromatic rings. The zero-order chi connectivity index (χ0) is 25.0. The van der Waals surface area contributed by atoms with Gasteiger partial charge in [0.25, 0.3) is 0 Å². The lowest BCUT2D eigenvalue weighted by Gasteiger charge is -2.37. The molecule has 1 heterocycles. The largest absolute Gasteiger partial charge is 0.311 e. The molecule has 35 heavy (non-hydrogen) atoms. The fraction of sp³-hybridized carbons (Fsp3) is 0.226. The Bertz CT molecular complexity index is 1310. The summed E-state index contributed by atoms with van der Waals surface area (Å²) in [5, 5.41) is 0. The van der Waals surface area contributed by atoms with Crippen LogP contribution in [0.3, 0.4) is 0 Å². The average Bonchev–Trinajstić information content (AvgIpc) is 2.99. The van der Waals surface area contributed by atoms with Gasteiger partial charge in [0.05, 0.1) is 0 Å². The van der Waals surface area contributed by atoms with E-state index in [4.69, 9.17) is 0 Å². The van der Waals surface area contributed by atoms with Crippen molar-refractivity contribution in [2.75, 3.05) is 11.9 Å². The summed E-state index contributed by atoms with van der Waals surface area (Å²) in [6.07, 6.45) is 0. The number of halogens is 2. The maximum Gasteiger partial charge on any atom is 0.0462 e. The normalized spacial score (nSPS) is 16.2. The summed E-state index contributed by atoms with van der Waals surface area (Å²) in [6, 6.07) is 32.8. The fourth-order valence-corrected chi connectivity index (χ4v) is 5.78. The number of fused-ring (bicyclic) bond motifs is 1. The second-order valence-corrected chi connectivity index (χ2v) is 12.1. The average molecular weight is 590 g/mol. The molecule has 0 aromatic heterocycles. The van der Waals surface area contributed by atoms with Crippen LogP contribution >= 0.6 is 31.9 Å². The van der Waals surface area contributed by atoms with Crippen molar-refractivity contribution in [1.82, 2.24) is 4.90 Å². The molecule has 1 aliphatic heterocycles. The van der Waals surface area contributed by atoms with Crippen LogP contribution in [-0.4, -0.2) is 11.9 Å². The molecule has 0 atom stereocenters. The number of rotatable bonds is 4. The molecule has 0 unspecified atom stereocenters. The van der Waals surface area contributed by atoms with E-state index in [9.17, 15) is 0 Å². The van der Waals surface area contributed by atoms with Gasteiger partial charge in [-0.25, -0.2) is 0 Å². The Hall–Kier alpha value is -2.40. The molecule has 0 saturated carbocycles. The Morgan fingerprint density at radius 3 is 1.43 bits per heavy atom. The minimum atomic E-state index is -0.00521. The minimum Gasteiger partial charge on any atom is -0.311 e. The fourth-order valence-electron chi connectivity index (χ4n) is 5.25. The van der Waals surface area contributed by atoms with Crippen LogP contribution in [0.2, 0.25) is 0 Å². The topological polar surface area (TPSA) is 6.48 Å². The minimum absolute atomic E-state index is 0.00521. The highest BCUT2D eigenvalue weighted by molar-refractivity contribution is 9.10. The number of anilines is 3. The number of nitrogens with zero attached hydrogens (tertiary/aromatic N) is 2. The van der Waals surface area contributed by atoms with E-state index in [-0.39, 0.29) is 11.1 Å². The predicted molar refractivity (Wildman–Crippen MR) is 156 cm³/mol. The molecule has 0 spiro atoms. The smallest absolute Gasteiger partial charge is 0.0462 e. The maximum atomic E-state index is 3.56. The molecule has 0 saturated heterocycles. The number of benzene rings is 4. The van der Waals surface area contributed by atoms with Crippen molar-refractivity contribution in [3.63, 3.8) is 0 Å².